The number of aryl methyl sites for hydroxylation is 1. The standard InChI is InChI=1S/C24H20FIN8O3/c1-37-21-8-13(2-6-17(21)25)11-27-23(35)19-10-20(29-12-28-19)24(36)30-18-7-4-14-9-15(3-5-16(14)18)22-31-33-34(26)32-22/h2-3,5-6,8-10,12,18H,4,7,11H2,1H3,(H,27,35)(H,30,36)/t18-/m0/s1. The molecule has 1 aliphatic carbocycles. The summed E-state index contributed by atoms with van der Waals surface area (Å²) in [6, 6.07) is 11.3. The highest BCUT2D eigenvalue weighted by molar-refractivity contribution is 14.1. The summed E-state index contributed by atoms with van der Waals surface area (Å²) in [5.41, 5.74) is 3.75. The van der Waals surface area contributed by atoms with E-state index in [0.29, 0.717) is 11.4 Å². The molecule has 2 aromatic carbocycles. The van der Waals surface area contributed by atoms with Crippen LogP contribution in [0.4, 0.5) is 4.39 Å². The maximum atomic E-state index is 13.6. The van der Waals surface area contributed by atoms with E-state index < -0.39 is 17.6 Å². The lowest BCUT2D eigenvalue weighted by Gasteiger charge is -2.14. The van der Waals surface area contributed by atoms with Crippen LogP contribution in [0.15, 0.2) is 48.8 Å². The van der Waals surface area contributed by atoms with E-state index in [4.69, 9.17) is 4.74 Å². The van der Waals surface area contributed by atoms with Crippen LogP contribution in [0.3, 0.4) is 0 Å². The van der Waals surface area contributed by atoms with Gasteiger partial charge in [0.15, 0.2) is 11.6 Å². The van der Waals surface area contributed by atoms with Crippen molar-refractivity contribution in [2.75, 3.05) is 7.11 Å². The summed E-state index contributed by atoms with van der Waals surface area (Å²) >= 11 is 1.94. The van der Waals surface area contributed by atoms with Crippen molar-refractivity contribution in [2.45, 2.75) is 25.4 Å². The van der Waals surface area contributed by atoms with Gasteiger partial charge in [0.05, 0.1) is 13.2 Å². The molecule has 2 amide bonds. The topological polar surface area (TPSA) is 137 Å². The van der Waals surface area contributed by atoms with E-state index >= 15 is 0 Å². The van der Waals surface area contributed by atoms with Gasteiger partial charge in [-0.15, -0.1) is 13.2 Å². The summed E-state index contributed by atoms with van der Waals surface area (Å²) in [4.78, 5) is 33.6. The van der Waals surface area contributed by atoms with Crippen molar-refractivity contribution in [3.63, 3.8) is 0 Å². The smallest absolute Gasteiger partial charge is 0.270 e. The molecule has 1 atom stereocenters. The Kier molecular flexibility index (Phi) is 7.03. The largest absolute Gasteiger partial charge is 0.494 e. The molecule has 0 aliphatic heterocycles. The van der Waals surface area contributed by atoms with Gasteiger partial charge in [-0.25, -0.2) is 14.4 Å². The number of tetrazole rings is 1. The summed E-state index contributed by atoms with van der Waals surface area (Å²) in [6.07, 6.45) is 2.70. The van der Waals surface area contributed by atoms with E-state index in [1.165, 1.54) is 34.6 Å². The molecule has 0 spiro atoms. The number of carbonyl (C=O) groups is 2. The molecule has 5 rings (SSSR count). The highest BCUT2D eigenvalue weighted by Gasteiger charge is 2.26. The van der Waals surface area contributed by atoms with Gasteiger partial charge in [0.1, 0.15) is 40.6 Å². The lowest BCUT2D eigenvalue weighted by Crippen LogP contribution is -2.29. The number of halogens is 2. The molecule has 0 bridgehead atoms. The molecule has 37 heavy (non-hydrogen) atoms. The number of ether oxygens (including phenoxy) is 1. The second-order valence-electron chi connectivity index (χ2n) is 8.27. The van der Waals surface area contributed by atoms with E-state index in [-0.39, 0.29) is 29.7 Å². The van der Waals surface area contributed by atoms with Gasteiger partial charge in [-0.3, -0.25) is 9.59 Å². The number of methoxy groups -OCH3 is 1. The van der Waals surface area contributed by atoms with Crippen molar-refractivity contribution >= 4 is 34.7 Å². The zero-order valence-corrected chi connectivity index (χ0v) is 21.6. The maximum Gasteiger partial charge on any atom is 0.270 e. The Balaban J connectivity index is 1.23. The molecule has 13 heteroatoms. The third-order valence-electron chi connectivity index (χ3n) is 5.98. The Bertz CT molecular complexity index is 1490. The number of rotatable bonds is 7. The predicted octanol–water partition coefficient (Wildman–Crippen LogP) is 2.82. The normalized spacial score (nSPS) is 14.2. The van der Waals surface area contributed by atoms with Crippen LogP contribution in [-0.2, 0) is 13.0 Å². The minimum Gasteiger partial charge on any atom is -0.494 e. The molecule has 0 saturated carbocycles. The van der Waals surface area contributed by atoms with Crippen LogP contribution in [0.2, 0.25) is 0 Å². The second kappa shape index (κ2) is 10.5. The summed E-state index contributed by atoms with van der Waals surface area (Å²) in [5.74, 6) is -0.763. The zero-order valence-electron chi connectivity index (χ0n) is 19.5. The maximum absolute atomic E-state index is 13.6. The fourth-order valence-corrected chi connectivity index (χ4v) is 4.45. The molecule has 0 unspecified atom stereocenters. The number of amides is 2. The van der Waals surface area contributed by atoms with Crippen molar-refractivity contribution in [3.05, 3.63) is 82.7 Å². The average molecular weight is 614 g/mol. The monoisotopic (exact) mass is 614 g/mol. The molecule has 0 saturated heterocycles. The van der Waals surface area contributed by atoms with E-state index in [1.807, 2.05) is 41.1 Å². The number of hydrogen-bond acceptors (Lipinski definition) is 8. The van der Waals surface area contributed by atoms with Crippen molar-refractivity contribution in [3.8, 4) is 17.1 Å². The van der Waals surface area contributed by atoms with Crippen LogP contribution in [0, 0.1) is 5.82 Å². The highest BCUT2D eigenvalue weighted by Crippen LogP contribution is 2.33. The Hall–Kier alpha value is -4.01. The van der Waals surface area contributed by atoms with E-state index in [2.05, 4.69) is 36.0 Å². The van der Waals surface area contributed by atoms with E-state index in [9.17, 15) is 14.0 Å². The Morgan fingerprint density at radius 3 is 2.70 bits per heavy atom. The van der Waals surface area contributed by atoms with Gasteiger partial charge in [-0.1, -0.05) is 18.2 Å². The fraction of sp³-hybridized carbons (Fsp3) is 0.208. The molecule has 188 valence electrons. The van der Waals surface area contributed by atoms with Crippen LogP contribution >= 0.6 is 22.9 Å². The van der Waals surface area contributed by atoms with Gasteiger partial charge in [0, 0.05) is 18.2 Å². The predicted molar refractivity (Wildman–Crippen MR) is 137 cm³/mol. The molecule has 11 nitrogen and oxygen atoms in total. The molecule has 1 aliphatic rings. The average Bonchev–Trinajstić information content (AvgIpc) is 3.53. The fourth-order valence-electron chi connectivity index (χ4n) is 4.14. The number of carbonyl (C=O) groups excluding carboxylic acids is 2. The Morgan fingerprint density at radius 2 is 1.95 bits per heavy atom. The highest BCUT2D eigenvalue weighted by atomic mass is 127. The number of hydrogen-bond donors (Lipinski definition) is 2. The van der Waals surface area contributed by atoms with Crippen LogP contribution < -0.4 is 15.4 Å². The van der Waals surface area contributed by atoms with E-state index in [1.54, 1.807) is 6.07 Å². The molecular formula is C24H20FIN8O3. The van der Waals surface area contributed by atoms with Gasteiger partial charge >= 0.3 is 0 Å². The first-order valence-electron chi connectivity index (χ1n) is 11.2. The summed E-state index contributed by atoms with van der Waals surface area (Å²) in [7, 11) is 1.37. The van der Waals surface area contributed by atoms with E-state index in [0.717, 1.165) is 29.5 Å². The lowest BCUT2D eigenvalue weighted by molar-refractivity contribution is 0.0931. The van der Waals surface area contributed by atoms with Crippen LogP contribution in [0.1, 0.15) is 50.1 Å². The van der Waals surface area contributed by atoms with Gasteiger partial charge in [0.25, 0.3) is 11.8 Å². The molecule has 2 aromatic heterocycles. The number of nitrogens with zero attached hydrogens (tertiary/aromatic N) is 6. The first-order valence-corrected chi connectivity index (χ1v) is 12.2. The molecule has 4 aromatic rings. The van der Waals surface area contributed by atoms with Gasteiger partial charge in [0.2, 0.25) is 5.82 Å². The minimum absolute atomic E-state index is 0.0431. The first kappa shape index (κ1) is 24.7. The number of benzene rings is 2. The zero-order chi connectivity index (χ0) is 25.9. The second-order valence-corrected chi connectivity index (χ2v) is 9.14. The van der Waals surface area contributed by atoms with Gasteiger partial charge < -0.3 is 15.4 Å². The summed E-state index contributed by atoms with van der Waals surface area (Å²) in [6.45, 7) is 0.130. The quantitative estimate of drug-likeness (QED) is 0.304. The van der Waals surface area contributed by atoms with Gasteiger partial charge in [-0.05, 0) is 52.9 Å². The summed E-state index contributed by atoms with van der Waals surface area (Å²) < 4.78 is 19.9. The molecule has 2 N–H and O–H groups in total. The number of aromatic nitrogens is 6. The molecular weight excluding hydrogens is 594 g/mol. The SMILES string of the molecule is COc1cc(CNC(=O)c2cc(C(=O)N[C@H]3CCc4cc(-c5nnn(I)n5)ccc43)ncn2)ccc1F. The van der Waals surface area contributed by atoms with Crippen molar-refractivity contribution < 1.29 is 18.7 Å². The van der Waals surface area contributed by atoms with Crippen LogP contribution in [0.25, 0.3) is 11.4 Å². The Morgan fingerprint density at radius 1 is 1.14 bits per heavy atom. The van der Waals surface area contributed by atoms with Crippen molar-refractivity contribution in [1.29, 1.82) is 0 Å². The third kappa shape index (κ3) is 5.40. The lowest BCUT2D eigenvalue weighted by atomic mass is 10.0. The Labute approximate surface area is 224 Å². The number of fused-ring (bicyclic) bond motifs is 1. The first-order chi connectivity index (χ1) is 17.9. The van der Waals surface area contributed by atoms with Crippen LogP contribution in [0.5, 0.6) is 5.75 Å². The third-order valence-corrected chi connectivity index (χ3v) is 6.38. The molecule has 2 heterocycles. The molecule has 0 fully saturated rings. The van der Waals surface area contributed by atoms with Crippen LogP contribution in [-0.4, -0.2) is 47.3 Å². The summed E-state index contributed by atoms with van der Waals surface area (Å²) in [5, 5.41) is 17.8. The minimum atomic E-state index is -0.490. The van der Waals surface area contributed by atoms with Crippen molar-refractivity contribution in [2.24, 2.45) is 0 Å². The van der Waals surface area contributed by atoms with Gasteiger partial charge in [-0.2, -0.15) is 0 Å². The van der Waals surface area contributed by atoms with Crippen molar-refractivity contribution in [1.82, 2.24) is 39.0 Å². The molecule has 0 radical (unpaired) electrons. The number of nitrogens with one attached hydrogen (secondary N) is 2.